The number of halogens is 1. The van der Waals surface area contributed by atoms with E-state index in [4.69, 9.17) is 24.5 Å². The van der Waals surface area contributed by atoms with Crippen LogP contribution in [0, 0.1) is 12.7 Å². The van der Waals surface area contributed by atoms with Crippen molar-refractivity contribution in [1.82, 2.24) is 29.1 Å². The molecule has 0 aliphatic carbocycles. The van der Waals surface area contributed by atoms with Crippen LogP contribution in [0.4, 0.5) is 4.39 Å². The van der Waals surface area contributed by atoms with E-state index in [1.54, 1.807) is 25.6 Å². The van der Waals surface area contributed by atoms with E-state index in [1.165, 1.54) is 17.4 Å². The van der Waals surface area contributed by atoms with E-state index in [2.05, 4.69) is 4.98 Å². The van der Waals surface area contributed by atoms with Gasteiger partial charge in [0.15, 0.2) is 12.1 Å². The highest BCUT2D eigenvalue weighted by atomic mass is 32.1. The van der Waals surface area contributed by atoms with Gasteiger partial charge in [-0.15, -0.1) is 16.4 Å². The highest BCUT2D eigenvalue weighted by Crippen LogP contribution is 2.41. The molecule has 1 saturated heterocycles. The van der Waals surface area contributed by atoms with Gasteiger partial charge in [-0.05, 0) is 50.5 Å². The number of nitrogens with zero attached hydrogens (tertiary/aromatic N) is 6. The molecule has 0 amide bonds. The molecule has 0 bridgehead atoms. The molecule has 1 fully saturated rings. The minimum atomic E-state index is -0.353. The van der Waals surface area contributed by atoms with Crippen molar-refractivity contribution < 1.29 is 13.9 Å². The van der Waals surface area contributed by atoms with Crippen LogP contribution >= 0.6 is 11.3 Å². The van der Waals surface area contributed by atoms with Gasteiger partial charge in [0, 0.05) is 23.9 Å². The van der Waals surface area contributed by atoms with E-state index < -0.39 is 0 Å². The summed E-state index contributed by atoms with van der Waals surface area (Å²) in [6.07, 6.45) is 6.62. The topological polar surface area (TPSA) is 79.4 Å². The normalized spacial score (nSPS) is 15.4. The molecule has 1 unspecified atom stereocenters. The van der Waals surface area contributed by atoms with Crippen molar-refractivity contribution in [3.63, 3.8) is 0 Å². The van der Waals surface area contributed by atoms with Crippen molar-refractivity contribution in [2.75, 3.05) is 13.7 Å². The number of aromatic nitrogens is 6. The first-order chi connectivity index (χ1) is 20.1. The van der Waals surface area contributed by atoms with Crippen molar-refractivity contribution in [3.8, 4) is 49.5 Å². The van der Waals surface area contributed by atoms with Gasteiger partial charge in [-0.25, -0.2) is 24.0 Å². The zero-order valence-corrected chi connectivity index (χ0v) is 23.4. The maximum absolute atomic E-state index is 15.0. The molecular weight excluding hydrogens is 539 g/mol. The van der Waals surface area contributed by atoms with Crippen molar-refractivity contribution in [2.45, 2.75) is 32.4 Å². The summed E-state index contributed by atoms with van der Waals surface area (Å²) < 4.78 is 30.2. The zero-order chi connectivity index (χ0) is 27.9. The fourth-order valence-corrected chi connectivity index (χ4v) is 6.46. The first kappa shape index (κ1) is 25.6. The van der Waals surface area contributed by atoms with Crippen molar-refractivity contribution in [1.29, 1.82) is 0 Å². The summed E-state index contributed by atoms with van der Waals surface area (Å²) >= 11 is 1.52. The monoisotopic (exact) mass is 566 g/mol. The van der Waals surface area contributed by atoms with Gasteiger partial charge >= 0.3 is 0 Å². The molecule has 4 aromatic heterocycles. The summed E-state index contributed by atoms with van der Waals surface area (Å²) in [6, 6.07) is 18.6. The number of thiazole rings is 1. The van der Waals surface area contributed by atoms with E-state index in [9.17, 15) is 4.39 Å². The smallest absolute Gasteiger partial charge is 0.193 e. The Hall–Kier alpha value is -4.41. The van der Waals surface area contributed by atoms with E-state index in [-0.39, 0.29) is 12.0 Å². The summed E-state index contributed by atoms with van der Waals surface area (Å²) in [5.41, 5.74) is 5.24. The van der Waals surface area contributed by atoms with Crippen LogP contribution in [0.15, 0.2) is 73.2 Å². The molecule has 1 aliphatic rings. The Balaban J connectivity index is 1.38. The number of fused-ring (bicyclic) bond motifs is 1. The SMILES string of the molecule is COc1cccc(F)c1-c1ccc2nc(C)c(-c3nc(-c4ccccc4)c(-c4ncn(C5CCCCO5)n4)s3)n2c1. The maximum Gasteiger partial charge on any atom is 0.193 e. The van der Waals surface area contributed by atoms with Crippen LogP contribution in [-0.4, -0.2) is 42.8 Å². The standard InChI is InChI=1S/C31H27FN6O2S/c1-19-28(37-17-21(14-15-24(37)34-19)26-22(32)11-8-12-23(26)39-2)31-35-27(20-9-4-3-5-10-20)29(41-31)30-33-18-38(36-30)25-13-6-7-16-40-25/h3-5,8-12,14-15,17-18,25H,6-7,13,16H2,1-2H3. The molecule has 0 saturated carbocycles. The first-order valence-electron chi connectivity index (χ1n) is 13.5. The highest BCUT2D eigenvalue weighted by molar-refractivity contribution is 7.18. The number of ether oxygens (including phenoxy) is 2. The third-order valence-electron chi connectivity index (χ3n) is 7.32. The number of hydrogen-bond donors (Lipinski definition) is 0. The average molecular weight is 567 g/mol. The summed E-state index contributed by atoms with van der Waals surface area (Å²) in [6.45, 7) is 2.69. The van der Waals surface area contributed by atoms with E-state index in [0.717, 1.165) is 64.0 Å². The van der Waals surface area contributed by atoms with Gasteiger partial charge in [0.25, 0.3) is 0 Å². The molecule has 1 atom stereocenters. The predicted molar refractivity (Wildman–Crippen MR) is 156 cm³/mol. The molecule has 10 heteroatoms. The minimum absolute atomic E-state index is 0.104. The average Bonchev–Trinajstić information content (AvgIpc) is 3.74. The number of hydrogen-bond acceptors (Lipinski definition) is 7. The molecular formula is C31H27FN6O2S. The molecule has 0 radical (unpaired) electrons. The second-order valence-electron chi connectivity index (χ2n) is 9.94. The molecule has 0 N–H and O–H groups in total. The van der Waals surface area contributed by atoms with Gasteiger partial charge in [0.2, 0.25) is 0 Å². The molecule has 206 valence electrons. The lowest BCUT2D eigenvalue weighted by atomic mass is 10.1. The molecule has 8 nitrogen and oxygen atoms in total. The van der Waals surface area contributed by atoms with Crippen LogP contribution in [0.25, 0.3) is 49.4 Å². The molecule has 2 aromatic carbocycles. The second kappa shape index (κ2) is 10.5. The zero-order valence-electron chi connectivity index (χ0n) is 22.6. The van der Waals surface area contributed by atoms with E-state index in [1.807, 2.05) is 64.7 Å². The number of benzene rings is 2. The van der Waals surface area contributed by atoms with Gasteiger partial charge < -0.3 is 9.47 Å². The van der Waals surface area contributed by atoms with Gasteiger partial charge in [0.05, 0.1) is 24.1 Å². The summed E-state index contributed by atoms with van der Waals surface area (Å²) in [5.74, 6) is 0.716. The number of rotatable bonds is 6. The van der Waals surface area contributed by atoms with Gasteiger partial charge in [-0.3, -0.25) is 4.40 Å². The van der Waals surface area contributed by atoms with Crippen LogP contribution in [-0.2, 0) is 4.74 Å². The van der Waals surface area contributed by atoms with Gasteiger partial charge in [-0.1, -0.05) is 36.4 Å². The summed E-state index contributed by atoms with van der Waals surface area (Å²) in [5, 5.41) is 5.60. The molecule has 41 heavy (non-hydrogen) atoms. The molecule has 5 heterocycles. The predicted octanol–water partition coefficient (Wildman–Crippen LogP) is 7.21. The third kappa shape index (κ3) is 4.58. The lowest BCUT2D eigenvalue weighted by Crippen LogP contribution is -2.18. The van der Waals surface area contributed by atoms with Crippen molar-refractivity contribution in [2.24, 2.45) is 0 Å². The largest absolute Gasteiger partial charge is 0.496 e. The number of aryl methyl sites for hydroxylation is 1. The van der Waals surface area contributed by atoms with Crippen LogP contribution in [0.3, 0.4) is 0 Å². The van der Waals surface area contributed by atoms with Crippen LogP contribution in [0.5, 0.6) is 5.75 Å². The maximum atomic E-state index is 15.0. The minimum Gasteiger partial charge on any atom is -0.496 e. The van der Waals surface area contributed by atoms with Crippen LogP contribution in [0.1, 0.15) is 31.2 Å². The molecule has 1 aliphatic heterocycles. The van der Waals surface area contributed by atoms with Crippen LogP contribution < -0.4 is 4.74 Å². The van der Waals surface area contributed by atoms with Crippen LogP contribution in [0.2, 0.25) is 0 Å². The Labute approximate surface area is 240 Å². The highest BCUT2D eigenvalue weighted by Gasteiger charge is 2.25. The Morgan fingerprint density at radius 3 is 2.68 bits per heavy atom. The second-order valence-corrected chi connectivity index (χ2v) is 10.9. The number of methoxy groups -OCH3 is 1. The molecule has 6 aromatic rings. The van der Waals surface area contributed by atoms with Gasteiger partial charge in [0.1, 0.15) is 39.1 Å². The fourth-order valence-electron chi connectivity index (χ4n) is 5.34. The summed E-state index contributed by atoms with van der Waals surface area (Å²) in [7, 11) is 1.54. The lowest BCUT2D eigenvalue weighted by Gasteiger charge is -2.21. The van der Waals surface area contributed by atoms with Crippen molar-refractivity contribution >= 4 is 17.0 Å². The third-order valence-corrected chi connectivity index (χ3v) is 8.37. The molecule has 0 spiro atoms. The van der Waals surface area contributed by atoms with Crippen molar-refractivity contribution in [3.05, 3.63) is 84.7 Å². The quantitative estimate of drug-likeness (QED) is 0.212. The first-order valence-corrected chi connectivity index (χ1v) is 14.3. The van der Waals surface area contributed by atoms with E-state index in [0.29, 0.717) is 22.7 Å². The van der Waals surface area contributed by atoms with E-state index >= 15 is 0 Å². The fraction of sp³-hybridized carbons (Fsp3) is 0.226. The summed E-state index contributed by atoms with van der Waals surface area (Å²) in [4.78, 5) is 15.5. The van der Waals surface area contributed by atoms with Gasteiger partial charge in [-0.2, -0.15) is 0 Å². The Bertz CT molecular complexity index is 1860. The number of pyridine rings is 1. The Morgan fingerprint density at radius 1 is 1.00 bits per heavy atom. The Kier molecular flexibility index (Phi) is 6.56. The number of imidazole rings is 1. The molecule has 7 rings (SSSR count). The Morgan fingerprint density at radius 2 is 1.88 bits per heavy atom. The lowest BCUT2D eigenvalue weighted by molar-refractivity contribution is -0.0395.